The summed E-state index contributed by atoms with van der Waals surface area (Å²) in [7, 11) is 0. The van der Waals surface area contributed by atoms with Gasteiger partial charge in [-0.2, -0.15) is 0 Å². The third kappa shape index (κ3) is 4.02. The monoisotopic (exact) mass is 356 g/mol. The summed E-state index contributed by atoms with van der Waals surface area (Å²) in [5.74, 6) is 1.89. The van der Waals surface area contributed by atoms with Crippen LogP contribution in [0.25, 0.3) is 11.1 Å². The van der Waals surface area contributed by atoms with Crippen LogP contribution in [0, 0.1) is 0 Å². The second kappa shape index (κ2) is 7.97. The normalized spacial score (nSPS) is 14.9. The van der Waals surface area contributed by atoms with Crippen molar-refractivity contribution in [1.29, 1.82) is 0 Å². The van der Waals surface area contributed by atoms with Crippen LogP contribution in [-0.2, 0) is 11.2 Å². The molecule has 0 bridgehead atoms. The molecule has 0 unspecified atom stereocenters. The zero-order valence-corrected chi connectivity index (χ0v) is 15.8. The van der Waals surface area contributed by atoms with Crippen LogP contribution in [0.3, 0.4) is 0 Å². The van der Waals surface area contributed by atoms with E-state index >= 15 is 0 Å². The van der Waals surface area contributed by atoms with Gasteiger partial charge in [0.05, 0.1) is 0 Å². The fourth-order valence-electron chi connectivity index (χ4n) is 3.06. The van der Waals surface area contributed by atoms with Crippen molar-refractivity contribution in [2.75, 3.05) is 17.2 Å². The molecular formula is C19H24N4OS. The van der Waals surface area contributed by atoms with Gasteiger partial charge in [0, 0.05) is 55.0 Å². The molecule has 25 heavy (non-hydrogen) atoms. The van der Waals surface area contributed by atoms with Crippen LogP contribution in [0.1, 0.15) is 44.4 Å². The highest BCUT2D eigenvalue weighted by atomic mass is 32.2. The Morgan fingerprint density at radius 2 is 2.12 bits per heavy atom. The molecule has 1 amide bonds. The van der Waals surface area contributed by atoms with Gasteiger partial charge in [-0.25, -0.2) is 4.98 Å². The van der Waals surface area contributed by atoms with Gasteiger partial charge in [0.15, 0.2) is 0 Å². The van der Waals surface area contributed by atoms with Crippen LogP contribution in [0.5, 0.6) is 0 Å². The lowest BCUT2D eigenvalue weighted by Gasteiger charge is -2.27. The summed E-state index contributed by atoms with van der Waals surface area (Å²) in [6.45, 7) is 6.62. The van der Waals surface area contributed by atoms with Crippen molar-refractivity contribution in [3.8, 4) is 11.1 Å². The molecule has 2 aromatic rings. The van der Waals surface area contributed by atoms with E-state index in [9.17, 15) is 4.79 Å². The molecular weight excluding hydrogens is 332 g/mol. The molecule has 1 aliphatic rings. The number of hydrogen-bond acceptors (Lipinski definition) is 5. The van der Waals surface area contributed by atoms with Crippen molar-refractivity contribution in [3.05, 3.63) is 41.9 Å². The van der Waals surface area contributed by atoms with E-state index in [2.05, 4.69) is 40.7 Å². The molecule has 132 valence electrons. The summed E-state index contributed by atoms with van der Waals surface area (Å²) in [6.07, 6.45) is 7.56. The molecule has 1 atom stereocenters. The Morgan fingerprint density at radius 1 is 1.32 bits per heavy atom. The molecule has 1 aliphatic heterocycles. The first kappa shape index (κ1) is 17.9. The predicted molar refractivity (Wildman–Crippen MR) is 103 cm³/mol. The number of aryl methyl sites for hydroxylation is 1. The number of pyridine rings is 2. The molecule has 0 saturated heterocycles. The molecule has 0 spiro atoms. The predicted octanol–water partition coefficient (Wildman–Crippen LogP) is 3.76. The van der Waals surface area contributed by atoms with Crippen LogP contribution in [0.4, 0.5) is 5.82 Å². The smallest absolute Gasteiger partial charge is 0.225 e. The summed E-state index contributed by atoms with van der Waals surface area (Å²) >= 11 is 1.71. The molecule has 0 fully saturated rings. The number of hydrogen-bond donors (Lipinski definition) is 1. The number of nitrogens with one attached hydrogen (secondary N) is 1. The average molecular weight is 356 g/mol. The first-order chi connectivity index (χ1) is 12.1. The maximum absolute atomic E-state index is 11.8. The third-order valence-electron chi connectivity index (χ3n) is 4.40. The largest absolute Gasteiger partial charge is 0.297 e. The molecule has 5 nitrogen and oxygen atoms in total. The van der Waals surface area contributed by atoms with Crippen LogP contribution >= 0.6 is 11.9 Å². The second-order valence-corrected chi connectivity index (χ2v) is 7.36. The zero-order valence-electron chi connectivity index (χ0n) is 15.0. The van der Waals surface area contributed by atoms with E-state index in [0.29, 0.717) is 0 Å². The molecule has 0 radical (unpaired) electrons. The number of anilines is 1. The molecule has 3 heterocycles. The Balaban J connectivity index is 1.89. The van der Waals surface area contributed by atoms with Crippen molar-refractivity contribution < 1.29 is 4.79 Å². The quantitative estimate of drug-likeness (QED) is 0.827. The highest BCUT2D eigenvalue weighted by molar-refractivity contribution is 7.97. The van der Waals surface area contributed by atoms with Gasteiger partial charge >= 0.3 is 0 Å². The van der Waals surface area contributed by atoms with E-state index in [1.165, 1.54) is 0 Å². The summed E-state index contributed by atoms with van der Waals surface area (Å²) < 4.78 is 3.41. The standard InChI is InChI=1S/C19H24N4OS/c1-4-25-22-13(2)16-9-17(11-20-10-16)18-8-15-6-5-7-23(14(3)24)19(15)21-12-18/h8-13,22H,4-7H2,1-3H3/t13-/m1/s1. The minimum absolute atomic E-state index is 0.0539. The van der Waals surface area contributed by atoms with Gasteiger partial charge < -0.3 is 0 Å². The average Bonchev–Trinajstić information content (AvgIpc) is 2.65. The number of carbonyl (C=O) groups is 1. The maximum atomic E-state index is 11.8. The molecule has 2 aromatic heterocycles. The highest BCUT2D eigenvalue weighted by Gasteiger charge is 2.21. The van der Waals surface area contributed by atoms with E-state index in [-0.39, 0.29) is 11.9 Å². The van der Waals surface area contributed by atoms with E-state index in [4.69, 9.17) is 0 Å². The fraction of sp³-hybridized carbons (Fsp3) is 0.421. The Labute approximate surface area is 153 Å². The lowest BCUT2D eigenvalue weighted by molar-refractivity contribution is -0.116. The maximum Gasteiger partial charge on any atom is 0.225 e. The SMILES string of the molecule is CCSN[C@H](C)c1cncc(-c2cnc3c(c2)CCCN3C(C)=O)c1. The Morgan fingerprint density at radius 3 is 2.88 bits per heavy atom. The van der Waals surface area contributed by atoms with Gasteiger partial charge in [0.1, 0.15) is 5.82 Å². The first-order valence-corrected chi connectivity index (χ1v) is 9.68. The van der Waals surface area contributed by atoms with E-state index in [1.807, 2.05) is 18.6 Å². The molecule has 0 aliphatic carbocycles. The lowest BCUT2D eigenvalue weighted by atomic mass is 10.00. The summed E-state index contributed by atoms with van der Waals surface area (Å²) in [4.78, 5) is 22.5. The van der Waals surface area contributed by atoms with E-state index in [0.717, 1.165) is 53.2 Å². The molecule has 1 N–H and O–H groups in total. The Bertz CT molecular complexity index is 765. The van der Waals surface area contributed by atoms with Gasteiger partial charge in [0.2, 0.25) is 5.91 Å². The van der Waals surface area contributed by atoms with Crippen LogP contribution < -0.4 is 9.62 Å². The number of amides is 1. The minimum atomic E-state index is 0.0539. The topological polar surface area (TPSA) is 58.1 Å². The molecule has 6 heteroatoms. The van der Waals surface area contributed by atoms with Crippen molar-refractivity contribution in [1.82, 2.24) is 14.7 Å². The van der Waals surface area contributed by atoms with Crippen molar-refractivity contribution in [2.45, 2.75) is 39.7 Å². The van der Waals surface area contributed by atoms with E-state index < -0.39 is 0 Å². The third-order valence-corrected chi connectivity index (χ3v) is 5.21. The van der Waals surface area contributed by atoms with Crippen molar-refractivity contribution in [3.63, 3.8) is 0 Å². The van der Waals surface area contributed by atoms with Crippen LogP contribution in [0.15, 0.2) is 30.7 Å². The number of aromatic nitrogens is 2. The van der Waals surface area contributed by atoms with Gasteiger partial charge in [-0.05, 0) is 43.0 Å². The molecule has 0 saturated carbocycles. The van der Waals surface area contributed by atoms with Crippen LogP contribution in [-0.4, -0.2) is 28.2 Å². The summed E-state index contributed by atoms with van der Waals surface area (Å²) in [6, 6.07) is 4.55. The fourth-order valence-corrected chi connectivity index (χ4v) is 3.61. The van der Waals surface area contributed by atoms with Crippen molar-refractivity contribution in [2.24, 2.45) is 0 Å². The summed E-state index contributed by atoms with van der Waals surface area (Å²) in [5, 5.41) is 0. The van der Waals surface area contributed by atoms with Gasteiger partial charge in [-0.15, -0.1) is 0 Å². The zero-order chi connectivity index (χ0) is 17.8. The molecule has 0 aromatic carbocycles. The first-order valence-electron chi connectivity index (χ1n) is 8.69. The van der Waals surface area contributed by atoms with Gasteiger partial charge in [-0.1, -0.05) is 18.9 Å². The van der Waals surface area contributed by atoms with E-state index in [1.54, 1.807) is 23.8 Å². The number of nitrogens with zero attached hydrogens (tertiary/aromatic N) is 3. The van der Waals surface area contributed by atoms with Crippen molar-refractivity contribution >= 4 is 23.7 Å². The highest BCUT2D eigenvalue weighted by Crippen LogP contribution is 2.30. The number of fused-ring (bicyclic) bond motifs is 1. The lowest BCUT2D eigenvalue weighted by Crippen LogP contribution is -2.34. The second-order valence-electron chi connectivity index (χ2n) is 6.26. The van der Waals surface area contributed by atoms with Gasteiger partial charge in [0.25, 0.3) is 0 Å². The Kier molecular flexibility index (Phi) is 5.71. The summed E-state index contributed by atoms with van der Waals surface area (Å²) in [5.41, 5.74) is 4.40. The van der Waals surface area contributed by atoms with Crippen LogP contribution in [0.2, 0.25) is 0 Å². The van der Waals surface area contributed by atoms with Gasteiger partial charge in [-0.3, -0.25) is 19.4 Å². The number of carbonyl (C=O) groups excluding carboxylic acids is 1. The Hall–Kier alpha value is -1.92. The number of rotatable bonds is 5. The molecule has 3 rings (SSSR count). The minimum Gasteiger partial charge on any atom is -0.297 e.